The number of benzene rings is 1. The number of hydrogen-bond acceptors (Lipinski definition) is 2. The Bertz CT molecular complexity index is 373. The van der Waals surface area contributed by atoms with Crippen LogP contribution in [0.5, 0.6) is 5.75 Å². The second-order valence-electron chi connectivity index (χ2n) is 4.73. The first-order valence-corrected chi connectivity index (χ1v) is 5.23. The first-order valence-electron chi connectivity index (χ1n) is 5.23. The molecule has 1 N–H and O–H groups in total. The normalized spacial score (nSPS) is 11.5. The van der Waals surface area contributed by atoms with E-state index in [2.05, 4.69) is 0 Å². The highest BCUT2D eigenvalue weighted by molar-refractivity contribution is 5.98. The van der Waals surface area contributed by atoms with Crippen LogP contribution in [0.2, 0.25) is 0 Å². The Morgan fingerprint density at radius 1 is 1.33 bits per heavy atom. The molecule has 0 atom stereocenters. The molecule has 0 fully saturated rings. The summed E-state index contributed by atoms with van der Waals surface area (Å²) in [5.74, 6) is 0.121. The summed E-state index contributed by atoms with van der Waals surface area (Å²) < 4.78 is 0. The van der Waals surface area contributed by atoms with Gasteiger partial charge in [0, 0.05) is 6.42 Å². The Morgan fingerprint density at radius 3 is 2.40 bits per heavy atom. The van der Waals surface area contributed by atoms with Crippen molar-refractivity contribution in [2.75, 3.05) is 0 Å². The number of rotatable bonds is 2. The molecule has 0 saturated carbocycles. The first kappa shape index (κ1) is 11.8. The van der Waals surface area contributed by atoms with Gasteiger partial charge in [0.15, 0.2) is 5.78 Å². The SMILES string of the molecule is CCC(=O)c1cccc(C(C)(C)C)c1O. The zero-order valence-electron chi connectivity index (χ0n) is 9.79. The molecule has 0 bridgehead atoms. The summed E-state index contributed by atoms with van der Waals surface area (Å²) >= 11 is 0. The van der Waals surface area contributed by atoms with Gasteiger partial charge in [0.2, 0.25) is 0 Å². The van der Waals surface area contributed by atoms with Crippen LogP contribution in [0.1, 0.15) is 50.0 Å². The standard InChI is InChI=1S/C13H18O2/c1-5-11(14)9-7-6-8-10(12(9)15)13(2,3)4/h6-8,15H,5H2,1-4H3. The highest BCUT2D eigenvalue weighted by Crippen LogP contribution is 2.33. The molecule has 0 aliphatic rings. The van der Waals surface area contributed by atoms with Crippen molar-refractivity contribution >= 4 is 5.78 Å². The third-order valence-corrected chi connectivity index (χ3v) is 2.47. The zero-order chi connectivity index (χ0) is 11.6. The summed E-state index contributed by atoms with van der Waals surface area (Å²) in [6, 6.07) is 5.36. The second-order valence-corrected chi connectivity index (χ2v) is 4.73. The van der Waals surface area contributed by atoms with E-state index in [0.717, 1.165) is 5.56 Å². The lowest BCUT2D eigenvalue weighted by molar-refractivity contribution is 0.0985. The van der Waals surface area contributed by atoms with E-state index in [1.807, 2.05) is 32.9 Å². The van der Waals surface area contributed by atoms with Crippen molar-refractivity contribution in [3.05, 3.63) is 29.3 Å². The number of phenolic OH excluding ortho intramolecular Hbond substituents is 1. The van der Waals surface area contributed by atoms with Gasteiger partial charge in [-0.2, -0.15) is 0 Å². The molecule has 0 aliphatic heterocycles. The Labute approximate surface area is 90.9 Å². The quantitative estimate of drug-likeness (QED) is 0.754. The van der Waals surface area contributed by atoms with Gasteiger partial charge in [-0.1, -0.05) is 39.8 Å². The largest absolute Gasteiger partial charge is 0.507 e. The fraction of sp³-hybridized carbons (Fsp3) is 0.462. The summed E-state index contributed by atoms with van der Waals surface area (Å²) in [6.45, 7) is 7.85. The summed E-state index contributed by atoms with van der Waals surface area (Å²) in [5.41, 5.74) is 1.11. The van der Waals surface area contributed by atoms with Crippen LogP contribution in [0, 0.1) is 0 Å². The lowest BCUT2D eigenvalue weighted by atomic mass is 9.84. The van der Waals surface area contributed by atoms with Gasteiger partial charge in [-0.05, 0) is 17.0 Å². The molecule has 1 aromatic rings. The number of aromatic hydroxyl groups is 1. The second kappa shape index (κ2) is 4.05. The van der Waals surface area contributed by atoms with E-state index in [1.165, 1.54) is 0 Å². The highest BCUT2D eigenvalue weighted by atomic mass is 16.3. The maximum atomic E-state index is 11.6. The minimum atomic E-state index is -0.145. The van der Waals surface area contributed by atoms with Gasteiger partial charge in [0.05, 0.1) is 5.56 Å². The Kier molecular flexibility index (Phi) is 3.18. The third-order valence-electron chi connectivity index (χ3n) is 2.47. The molecule has 0 saturated heterocycles. The molecule has 1 aromatic carbocycles. The van der Waals surface area contributed by atoms with Crippen molar-refractivity contribution in [1.82, 2.24) is 0 Å². The van der Waals surface area contributed by atoms with E-state index in [0.29, 0.717) is 12.0 Å². The maximum absolute atomic E-state index is 11.6. The van der Waals surface area contributed by atoms with Crippen LogP contribution in [0.4, 0.5) is 0 Å². The number of Topliss-reactive ketones (excluding diaryl/α,β-unsaturated/α-hetero) is 1. The van der Waals surface area contributed by atoms with E-state index in [4.69, 9.17) is 0 Å². The van der Waals surface area contributed by atoms with Gasteiger partial charge >= 0.3 is 0 Å². The van der Waals surface area contributed by atoms with Crippen molar-refractivity contribution in [3.8, 4) is 5.75 Å². The minimum Gasteiger partial charge on any atom is -0.507 e. The molecule has 2 heteroatoms. The Balaban J connectivity index is 3.30. The van der Waals surface area contributed by atoms with E-state index >= 15 is 0 Å². The molecule has 0 aliphatic carbocycles. The molecule has 0 aromatic heterocycles. The number of carbonyl (C=O) groups excluding carboxylic acids is 1. The van der Waals surface area contributed by atoms with Crippen LogP contribution in [-0.2, 0) is 5.41 Å². The van der Waals surface area contributed by atoms with Crippen molar-refractivity contribution < 1.29 is 9.90 Å². The monoisotopic (exact) mass is 206 g/mol. The molecule has 0 heterocycles. The molecular formula is C13H18O2. The van der Waals surface area contributed by atoms with Gasteiger partial charge in [-0.25, -0.2) is 0 Å². The molecule has 15 heavy (non-hydrogen) atoms. The molecule has 0 radical (unpaired) electrons. The summed E-state index contributed by atoms with van der Waals surface area (Å²) in [7, 11) is 0. The molecule has 0 amide bonds. The maximum Gasteiger partial charge on any atom is 0.166 e. The van der Waals surface area contributed by atoms with Crippen LogP contribution in [0.25, 0.3) is 0 Å². The van der Waals surface area contributed by atoms with E-state index in [9.17, 15) is 9.90 Å². The first-order chi connectivity index (χ1) is 6.88. The van der Waals surface area contributed by atoms with Gasteiger partial charge in [-0.15, -0.1) is 0 Å². The Hall–Kier alpha value is -1.31. The molecular weight excluding hydrogens is 188 g/mol. The van der Waals surface area contributed by atoms with Gasteiger partial charge in [0.1, 0.15) is 5.75 Å². The van der Waals surface area contributed by atoms with Crippen LogP contribution in [-0.4, -0.2) is 10.9 Å². The van der Waals surface area contributed by atoms with Gasteiger partial charge in [0.25, 0.3) is 0 Å². The zero-order valence-corrected chi connectivity index (χ0v) is 9.79. The lowest BCUT2D eigenvalue weighted by Gasteiger charge is -2.21. The highest BCUT2D eigenvalue weighted by Gasteiger charge is 2.21. The molecule has 82 valence electrons. The van der Waals surface area contributed by atoms with Crippen molar-refractivity contribution in [3.63, 3.8) is 0 Å². The smallest absolute Gasteiger partial charge is 0.166 e. The van der Waals surface area contributed by atoms with E-state index in [1.54, 1.807) is 13.0 Å². The Morgan fingerprint density at radius 2 is 1.93 bits per heavy atom. The fourth-order valence-electron chi connectivity index (χ4n) is 1.56. The molecule has 1 rings (SSSR count). The molecule has 0 spiro atoms. The van der Waals surface area contributed by atoms with E-state index in [-0.39, 0.29) is 16.9 Å². The van der Waals surface area contributed by atoms with Crippen LogP contribution in [0.3, 0.4) is 0 Å². The molecule has 0 unspecified atom stereocenters. The fourth-order valence-corrected chi connectivity index (χ4v) is 1.56. The number of carbonyl (C=O) groups is 1. The third kappa shape index (κ3) is 2.38. The van der Waals surface area contributed by atoms with Crippen LogP contribution in [0.15, 0.2) is 18.2 Å². The predicted molar refractivity (Wildman–Crippen MR) is 61.4 cm³/mol. The van der Waals surface area contributed by atoms with Crippen LogP contribution >= 0.6 is 0 Å². The van der Waals surface area contributed by atoms with Gasteiger partial charge in [-0.3, -0.25) is 4.79 Å². The number of para-hydroxylation sites is 1. The van der Waals surface area contributed by atoms with Crippen molar-refractivity contribution in [1.29, 1.82) is 0 Å². The van der Waals surface area contributed by atoms with Crippen molar-refractivity contribution in [2.24, 2.45) is 0 Å². The summed E-state index contributed by atoms with van der Waals surface area (Å²) in [6.07, 6.45) is 0.418. The average molecular weight is 206 g/mol. The minimum absolute atomic E-state index is 0.0152. The summed E-state index contributed by atoms with van der Waals surface area (Å²) in [5, 5.41) is 10.0. The lowest BCUT2D eigenvalue weighted by Crippen LogP contribution is -2.12. The van der Waals surface area contributed by atoms with E-state index < -0.39 is 0 Å². The number of phenols is 1. The van der Waals surface area contributed by atoms with Crippen LogP contribution < -0.4 is 0 Å². The number of ketones is 1. The van der Waals surface area contributed by atoms with Gasteiger partial charge < -0.3 is 5.11 Å². The number of hydrogen-bond donors (Lipinski definition) is 1. The average Bonchev–Trinajstić information content (AvgIpc) is 2.15. The summed E-state index contributed by atoms with van der Waals surface area (Å²) in [4.78, 5) is 11.6. The molecule has 2 nitrogen and oxygen atoms in total. The predicted octanol–water partition coefficient (Wildman–Crippen LogP) is 3.28. The topological polar surface area (TPSA) is 37.3 Å². The van der Waals surface area contributed by atoms with Crippen molar-refractivity contribution in [2.45, 2.75) is 39.5 Å².